The Morgan fingerprint density at radius 3 is 2.83 bits per heavy atom. The standard InChI is InChI=1S/C11H12FN3O2S/c1-18(16,17)6-5-13-11-8-3-2-4-9(12)10(8)14-7-15-11/h2-4,7H,5-6H2,1H3,(H,13,14,15). The molecule has 1 aromatic heterocycles. The molecule has 0 aliphatic heterocycles. The molecule has 1 heterocycles. The summed E-state index contributed by atoms with van der Waals surface area (Å²) in [5.74, 6) is -0.00224. The molecule has 18 heavy (non-hydrogen) atoms. The first-order valence-corrected chi connectivity index (χ1v) is 7.34. The predicted molar refractivity (Wildman–Crippen MR) is 67.7 cm³/mol. The van der Waals surface area contributed by atoms with E-state index in [4.69, 9.17) is 0 Å². The molecule has 0 aliphatic carbocycles. The molecular weight excluding hydrogens is 257 g/mol. The van der Waals surface area contributed by atoms with Crippen LogP contribution in [0.25, 0.3) is 10.9 Å². The van der Waals surface area contributed by atoms with Gasteiger partial charge in [0.1, 0.15) is 33.3 Å². The summed E-state index contributed by atoms with van der Waals surface area (Å²) in [7, 11) is -3.04. The van der Waals surface area contributed by atoms with Crippen LogP contribution in [0, 0.1) is 5.82 Å². The van der Waals surface area contributed by atoms with Crippen LogP contribution in [0.3, 0.4) is 0 Å². The van der Waals surface area contributed by atoms with E-state index in [9.17, 15) is 12.8 Å². The van der Waals surface area contributed by atoms with E-state index in [0.29, 0.717) is 11.2 Å². The Hall–Kier alpha value is -1.76. The van der Waals surface area contributed by atoms with Crippen LogP contribution in [-0.2, 0) is 9.84 Å². The molecule has 0 radical (unpaired) electrons. The van der Waals surface area contributed by atoms with Gasteiger partial charge in [-0.25, -0.2) is 22.8 Å². The van der Waals surface area contributed by atoms with Crippen LogP contribution in [-0.4, -0.2) is 36.9 Å². The number of sulfone groups is 1. The molecule has 0 fully saturated rings. The van der Waals surface area contributed by atoms with Gasteiger partial charge in [0.25, 0.3) is 0 Å². The van der Waals surface area contributed by atoms with Crippen LogP contribution >= 0.6 is 0 Å². The highest BCUT2D eigenvalue weighted by molar-refractivity contribution is 7.90. The quantitative estimate of drug-likeness (QED) is 0.903. The molecular formula is C11H12FN3O2S. The summed E-state index contributed by atoms with van der Waals surface area (Å²) in [5, 5.41) is 3.41. The van der Waals surface area contributed by atoms with E-state index < -0.39 is 15.7 Å². The number of hydrogen-bond donors (Lipinski definition) is 1. The summed E-state index contributed by atoms with van der Waals surface area (Å²) in [6, 6.07) is 4.56. The maximum atomic E-state index is 13.5. The van der Waals surface area contributed by atoms with Gasteiger partial charge in [-0.15, -0.1) is 0 Å². The van der Waals surface area contributed by atoms with Crippen molar-refractivity contribution in [2.45, 2.75) is 0 Å². The van der Waals surface area contributed by atoms with Crippen LogP contribution in [0.5, 0.6) is 0 Å². The molecule has 0 atom stereocenters. The lowest BCUT2D eigenvalue weighted by atomic mass is 10.2. The summed E-state index contributed by atoms with van der Waals surface area (Å²) >= 11 is 0. The van der Waals surface area contributed by atoms with Crippen LogP contribution < -0.4 is 5.32 Å². The number of anilines is 1. The average molecular weight is 269 g/mol. The molecule has 2 rings (SSSR count). The molecule has 0 spiro atoms. The first-order valence-electron chi connectivity index (χ1n) is 5.28. The third kappa shape index (κ3) is 2.92. The molecule has 0 unspecified atom stereocenters. The van der Waals surface area contributed by atoms with E-state index in [2.05, 4.69) is 15.3 Å². The molecule has 0 bridgehead atoms. The number of para-hydroxylation sites is 1. The lowest BCUT2D eigenvalue weighted by molar-refractivity contribution is 0.602. The molecule has 0 amide bonds. The van der Waals surface area contributed by atoms with Crippen LogP contribution in [0.1, 0.15) is 0 Å². The number of rotatable bonds is 4. The highest BCUT2D eigenvalue weighted by Crippen LogP contribution is 2.20. The zero-order valence-corrected chi connectivity index (χ0v) is 10.5. The highest BCUT2D eigenvalue weighted by atomic mass is 32.2. The fraction of sp³-hybridized carbons (Fsp3) is 0.273. The molecule has 0 saturated carbocycles. The lowest BCUT2D eigenvalue weighted by Crippen LogP contribution is -2.15. The minimum absolute atomic E-state index is 0.00614. The van der Waals surface area contributed by atoms with Gasteiger partial charge in [0.2, 0.25) is 0 Å². The average Bonchev–Trinajstić information content (AvgIpc) is 2.29. The molecule has 0 saturated heterocycles. The van der Waals surface area contributed by atoms with Gasteiger partial charge >= 0.3 is 0 Å². The second-order valence-corrected chi connectivity index (χ2v) is 6.17. The zero-order valence-electron chi connectivity index (χ0n) is 9.72. The summed E-state index contributed by atoms with van der Waals surface area (Å²) in [4.78, 5) is 7.84. The van der Waals surface area contributed by atoms with E-state index in [1.165, 1.54) is 12.4 Å². The Kier molecular flexibility index (Phi) is 3.42. The number of aromatic nitrogens is 2. The van der Waals surface area contributed by atoms with Gasteiger partial charge in [-0.2, -0.15) is 0 Å². The van der Waals surface area contributed by atoms with Crippen molar-refractivity contribution in [2.75, 3.05) is 23.9 Å². The van der Waals surface area contributed by atoms with Crippen molar-refractivity contribution in [3.8, 4) is 0 Å². The Morgan fingerprint density at radius 1 is 1.33 bits per heavy atom. The lowest BCUT2D eigenvalue weighted by Gasteiger charge is -2.07. The normalized spacial score (nSPS) is 11.7. The van der Waals surface area contributed by atoms with Crippen LogP contribution in [0.2, 0.25) is 0 Å². The Labute approximate surface area is 104 Å². The largest absolute Gasteiger partial charge is 0.368 e. The van der Waals surface area contributed by atoms with Gasteiger partial charge in [-0.05, 0) is 12.1 Å². The van der Waals surface area contributed by atoms with Crippen molar-refractivity contribution in [2.24, 2.45) is 0 Å². The fourth-order valence-electron chi connectivity index (χ4n) is 1.55. The second-order valence-electron chi connectivity index (χ2n) is 3.91. The minimum Gasteiger partial charge on any atom is -0.368 e. The van der Waals surface area contributed by atoms with Gasteiger partial charge in [-0.3, -0.25) is 0 Å². The molecule has 1 aromatic carbocycles. The third-order valence-corrected chi connectivity index (χ3v) is 3.33. The summed E-state index contributed by atoms with van der Waals surface area (Å²) < 4.78 is 35.5. The van der Waals surface area contributed by atoms with E-state index in [0.717, 1.165) is 6.26 Å². The first-order chi connectivity index (χ1) is 8.47. The van der Waals surface area contributed by atoms with E-state index in [1.807, 2.05) is 0 Å². The fourth-order valence-corrected chi connectivity index (χ4v) is 2.02. The number of nitrogens with zero attached hydrogens (tertiary/aromatic N) is 2. The van der Waals surface area contributed by atoms with Crippen molar-refractivity contribution in [1.29, 1.82) is 0 Å². The zero-order chi connectivity index (χ0) is 13.2. The molecule has 7 heteroatoms. The Morgan fingerprint density at radius 2 is 2.11 bits per heavy atom. The number of nitrogens with one attached hydrogen (secondary N) is 1. The first kappa shape index (κ1) is 12.7. The molecule has 96 valence electrons. The maximum Gasteiger partial charge on any atom is 0.149 e. The van der Waals surface area contributed by atoms with Gasteiger partial charge in [0.15, 0.2) is 0 Å². The van der Waals surface area contributed by atoms with E-state index in [1.54, 1.807) is 12.1 Å². The van der Waals surface area contributed by atoms with Crippen LogP contribution in [0.15, 0.2) is 24.5 Å². The number of fused-ring (bicyclic) bond motifs is 1. The molecule has 2 aromatic rings. The summed E-state index contributed by atoms with van der Waals surface area (Å²) in [6.45, 7) is 0.224. The smallest absolute Gasteiger partial charge is 0.149 e. The van der Waals surface area contributed by atoms with Gasteiger partial charge in [0.05, 0.1) is 5.75 Å². The number of hydrogen-bond acceptors (Lipinski definition) is 5. The van der Waals surface area contributed by atoms with Gasteiger partial charge < -0.3 is 5.32 Å². The van der Waals surface area contributed by atoms with Gasteiger partial charge in [0, 0.05) is 18.2 Å². The van der Waals surface area contributed by atoms with E-state index >= 15 is 0 Å². The Balaban J connectivity index is 2.26. The van der Waals surface area contributed by atoms with Crippen LogP contribution in [0.4, 0.5) is 10.2 Å². The topological polar surface area (TPSA) is 72.0 Å². The van der Waals surface area contributed by atoms with Crippen molar-refractivity contribution in [3.63, 3.8) is 0 Å². The molecule has 5 nitrogen and oxygen atoms in total. The van der Waals surface area contributed by atoms with E-state index in [-0.39, 0.29) is 17.8 Å². The monoisotopic (exact) mass is 269 g/mol. The second kappa shape index (κ2) is 4.85. The van der Waals surface area contributed by atoms with Crippen molar-refractivity contribution in [3.05, 3.63) is 30.3 Å². The summed E-state index contributed by atoms with van der Waals surface area (Å²) in [5.41, 5.74) is 0.217. The van der Waals surface area contributed by atoms with Gasteiger partial charge in [-0.1, -0.05) is 6.07 Å². The maximum absolute atomic E-state index is 13.5. The van der Waals surface area contributed by atoms with Crippen molar-refractivity contribution in [1.82, 2.24) is 9.97 Å². The van der Waals surface area contributed by atoms with Crippen molar-refractivity contribution >= 4 is 26.6 Å². The molecule has 0 aliphatic rings. The van der Waals surface area contributed by atoms with Crippen molar-refractivity contribution < 1.29 is 12.8 Å². The Bertz CT molecular complexity index is 673. The summed E-state index contributed by atoms with van der Waals surface area (Å²) in [6.07, 6.45) is 2.40. The third-order valence-electron chi connectivity index (χ3n) is 2.38. The highest BCUT2D eigenvalue weighted by Gasteiger charge is 2.08. The predicted octanol–water partition coefficient (Wildman–Crippen LogP) is 1.23. The molecule has 1 N–H and O–H groups in total. The number of benzene rings is 1. The minimum atomic E-state index is -3.04. The SMILES string of the molecule is CS(=O)(=O)CCNc1ncnc2c(F)cccc12. The number of halogens is 1.